The number of fused-ring (bicyclic) bond motifs is 1. The van der Waals surface area contributed by atoms with Crippen LogP contribution >= 0.6 is 0 Å². The maximum Gasteiger partial charge on any atom is 0.238 e. The number of hydrogen-bond acceptors (Lipinski definition) is 4. The van der Waals surface area contributed by atoms with Crippen molar-refractivity contribution in [3.05, 3.63) is 65.2 Å². The summed E-state index contributed by atoms with van der Waals surface area (Å²) in [5.41, 5.74) is 4.87. The van der Waals surface area contributed by atoms with Crippen molar-refractivity contribution in [3.8, 4) is 0 Å². The number of nitrogens with one attached hydrogen (secondary N) is 1. The number of hydrogen-bond donors (Lipinski definition) is 1. The molecule has 2 aromatic rings. The summed E-state index contributed by atoms with van der Waals surface area (Å²) in [5.74, 6) is 0.0512. The molecule has 5 nitrogen and oxygen atoms in total. The van der Waals surface area contributed by atoms with Gasteiger partial charge in [-0.2, -0.15) is 0 Å². The van der Waals surface area contributed by atoms with E-state index in [1.807, 2.05) is 12.1 Å². The largest absolute Gasteiger partial charge is 0.379 e. The first-order chi connectivity index (χ1) is 13.3. The fraction of sp³-hybridized carbons (Fsp3) is 0.409. The number of anilines is 1. The Morgan fingerprint density at radius 1 is 0.926 bits per heavy atom. The van der Waals surface area contributed by atoms with Gasteiger partial charge in [-0.3, -0.25) is 14.6 Å². The molecule has 0 spiro atoms. The van der Waals surface area contributed by atoms with Crippen molar-refractivity contribution in [3.63, 3.8) is 0 Å². The summed E-state index contributed by atoms with van der Waals surface area (Å²) < 4.78 is 5.39. The number of carbonyl (C=O) groups is 1. The molecular formula is C22H27N3O2. The SMILES string of the molecule is O=C(CN1CCc2ccccc2C1)Nc1ccc(CN2CCOCC2)cc1. The maximum atomic E-state index is 12.4. The smallest absolute Gasteiger partial charge is 0.238 e. The molecule has 0 atom stereocenters. The molecule has 0 radical (unpaired) electrons. The second kappa shape index (κ2) is 8.65. The first-order valence-electron chi connectivity index (χ1n) is 9.74. The molecule has 142 valence electrons. The minimum absolute atomic E-state index is 0.0512. The molecule has 4 rings (SSSR count). The van der Waals surface area contributed by atoms with Crippen LogP contribution in [0.1, 0.15) is 16.7 Å². The highest BCUT2D eigenvalue weighted by Crippen LogP contribution is 2.18. The third-order valence-electron chi connectivity index (χ3n) is 5.32. The van der Waals surface area contributed by atoms with Crippen LogP contribution in [0, 0.1) is 0 Å². The number of morpholine rings is 1. The number of amides is 1. The lowest BCUT2D eigenvalue weighted by Crippen LogP contribution is -2.37. The molecule has 5 heteroatoms. The van der Waals surface area contributed by atoms with E-state index in [1.165, 1.54) is 16.7 Å². The standard InChI is InChI=1S/C22H27N3O2/c26-22(17-25-10-9-19-3-1-2-4-20(19)16-25)23-21-7-5-18(6-8-21)15-24-11-13-27-14-12-24/h1-8H,9-17H2,(H,23,26). The second-order valence-corrected chi connectivity index (χ2v) is 7.36. The Balaban J connectivity index is 1.27. The predicted molar refractivity (Wildman–Crippen MR) is 107 cm³/mol. The Hall–Kier alpha value is -2.21. The van der Waals surface area contributed by atoms with Gasteiger partial charge in [-0.05, 0) is 35.2 Å². The van der Waals surface area contributed by atoms with Crippen LogP contribution in [0.25, 0.3) is 0 Å². The molecule has 1 N–H and O–H groups in total. The van der Waals surface area contributed by atoms with Crippen LogP contribution in [0.15, 0.2) is 48.5 Å². The van der Waals surface area contributed by atoms with E-state index in [4.69, 9.17) is 4.74 Å². The molecule has 2 aromatic carbocycles. The molecule has 1 amide bonds. The van der Waals surface area contributed by atoms with Gasteiger partial charge in [0.1, 0.15) is 0 Å². The van der Waals surface area contributed by atoms with Gasteiger partial charge in [0.25, 0.3) is 0 Å². The summed E-state index contributed by atoms with van der Waals surface area (Å²) in [6, 6.07) is 16.7. The van der Waals surface area contributed by atoms with E-state index in [9.17, 15) is 4.79 Å². The first-order valence-corrected chi connectivity index (χ1v) is 9.74. The topological polar surface area (TPSA) is 44.8 Å². The highest BCUT2D eigenvalue weighted by atomic mass is 16.5. The Kier molecular flexibility index (Phi) is 5.82. The Bertz CT molecular complexity index is 769. The van der Waals surface area contributed by atoms with Crippen LogP contribution in [0.2, 0.25) is 0 Å². The lowest BCUT2D eigenvalue weighted by Gasteiger charge is -2.28. The van der Waals surface area contributed by atoms with Crippen LogP contribution < -0.4 is 5.32 Å². The van der Waals surface area contributed by atoms with Gasteiger partial charge >= 0.3 is 0 Å². The molecule has 0 aromatic heterocycles. The zero-order chi connectivity index (χ0) is 18.5. The quantitative estimate of drug-likeness (QED) is 0.884. The van der Waals surface area contributed by atoms with Crippen molar-refractivity contribution in [2.24, 2.45) is 0 Å². The van der Waals surface area contributed by atoms with Crippen molar-refractivity contribution in [1.82, 2.24) is 9.80 Å². The summed E-state index contributed by atoms with van der Waals surface area (Å²) in [6.07, 6.45) is 1.01. The first kappa shape index (κ1) is 18.2. The highest BCUT2D eigenvalue weighted by Gasteiger charge is 2.18. The second-order valence-electron chi connectivity index (χ2n) is 7.36. The number of rotatable bonds is 5. The third-order valence-corrected chi connectivity index (χ3v) is 5.32. The number of nitrogens with zero attached hydrogens (tertiary/aromatic N) is 2. The molecule has 0 bridgehead atoms. The van der Waals surface area contributed by atoms with Crippen molar-refractivity contribution in [2.75, 3.05) is 44.7 Å². The van der Waals surface area contributed by atoms with Gasteiger partial charge in [-0.25, -0.2) is 0 Å². The van der Waals surface area contributed by atoms with Crippen LogP contribution in [0.3, 0.4) is 0 Å². The average molecular weight is 365 g/mol. The van der Waals surface area contributed by atoms with Crippen LogP contribution in [0.4, 0.5) is 5.69 Å². The number of carbonyl (C=O) groups excluding carboxylic acids is 1. The fourth-order valence-electron chi connectivity index (χ4n) is 3.80. The van der Waals surface area contributed by atoms with Crippen LogP contribution in [-0.2, 0) is 29.0 Å². The molecule has 1 saturated heterocycles. The molecule has 0 unspecified atom stereocenters. The van der Waals surface area contributed by atoms with Gasteiger partial charge in [-0.15, -0.1) is 0 Å². The summed E-state index contributed by atoms with van der Waals surface area (Å²) in [4.78, 5) is 17.0. The lowest BCUT2D eigenvalue weighted by molar-refractivity contribution is -0.117. The van der Waals surface area contributed by atoms with Crippen molar-refractivity contribution in [2.45, 2.75) is 19.5 Å². The summed E-state index contributed by atoms with van der Waals surface area (Å²) in [5, 5.41) is 3.03. The molecule has 0 aliphatic carbocycles. The zero-order valence-corrected chi connectivity index (χ0v) is 15.7. The summed E-state index contributed by atoms with van der Waals surface area (Å²) >= 11 is 0. The van der Waals surface area contributed by atoms with Gasteiger partial charge in [0.05, 0.1) is 19.8 Å². The van der Waals surface area contributed by atoms with E-state index < -0.39 is 0 Å². The Labute approximate surface area is 160 Å². The molecule has 2 heterocycles. The molecule has 2 aliphatic heterocycles. The fourth-order valence-corrected chi connectivity index (χ4v) is 3.80. The molecular weight excluding hydrogens is 338 g/mol. The van der Waals surface area contributed by atoms with Gasteiger partial charge < -0.3 is 10.1 Å². The molecule has 0 saturated carbocycles. The maximum absolute atomic E-state index is 12.4. The Morgan fingerprint density at radius 3 is 2.44 bits per heavy atom. The predicted octanol–water partition coefficient (Wildman–Crippen LogP) is 2.52. The van der Waals surface area contributed by atoms with Crippen LogP contribution in [0.5, 0.6) is 0 Å². The minimum atomic E-state index is 0.0512. The number of benzene rings is 2. The van der Waals surface area contributed by atoms with Gasteiger partial charge in [-0.1, -0.05) is 36.4 Å². The van der Waals surface area contributed by atoms with Gasteiger partial charge in [0.15, 0.2) is 0 Å². The Morgan fingerprint density at radius 2 is 1.67 bits per heavy atom. The van der Waals surface area contributed by atoms with E-state index in [0.717, 1.165) is 58.0 Å². The van der Waals surface area contributed by atoms with E-state index >= 15 is 0 Å². The van der Waals surface area contributed by atoms with E-state index in [2.05, 4.69) is 51.5 Å². The number of ether oxygens (including phenoxy) is 1. The zero-order valence-electron chi connectivity index (χ0n) is 15.7. The minimum Gasteiger partial charge on any atom is -0.379 e. The van der Waals surface area contributed by atoms with E-state index in [1.54, 1.807) is 0 Å². The summed E-state index contributed by atoms with van der Waals surface area (Å²) in [6.45, 7) is 6.75. The molecule has 27 heavy (non-hydrogen) atoms. The van der Waals surface area contributed by atoms with Crippen LogP contribution in [-0.4, -0.2) is 55.1 Å². The van der Waals surface area contributed by atoms with E-state index in [-0.39, 0.29) is 5.91 Å². The normalized spacial score (nSPS) is 18.1. The third kappa shape index (κ3) is 4.95. The van der Waals surface area contributed by atoms with Crippen molar-refractivity contribution in [1.29, 1.82) is 0 Å². The average Bonchev–Trinajstić information content (AvgIpc) is 2.70. The molecule has 2 aliphatic rings. The summed E-state index contributed by atoms with van der Waals surface area (Å²) in [7, 11) is 0. The van der Waals surface area contributed by atoms with E-state index in [0.29, 0.717) is 6.54 Å². The highest BCUT2D eigenvalue weighted by molar-refractivity contribution is 5.92. The van der Waals surface area contributed by atoms with Crippen molar-refractivity contribution < 1.29 is 9.53 Å². The monoisotopic (exact) mass is 365 g/mol. The van der Waals surface area contributed by atoms with Gasteiger partial charge in [0.2, 0.25) is 5.91 Å². The lowest BCUT2D eigenvalue weighted by atomic mass is 10.00. The van der Waals surface area contributed by atoms with Gasteiger partial charge in [0, 0.05) is 38.4 Å². The molecule has 1 fully saturated rings. The van der Waals surface area contributed by atoms with Crippen molar-refractivity contribution >= 4 is 11.6 Å².